The molecule has 2 aromatic carbocycles. The number of carbonyl (C=O) groups is 4. The number of hydrogen-bond donors (Lipinski definition) is 1. The molecule has 2 bridgehead atoms. The number of nitrogens with zero attached hydrogens (tertiary/aromatic N) is 1. The number of hydrogen-bond acceptors (Lipinski definition) is 5. The minimum absolute atomic E-state index is 0.110. The normalized spacial score (nSPS) is 24.1. The van der Waals surface area contributed by atoms with Crippen LogP contribution < -0.4 is 10.2 Å². The lowest BCUT2D eigenvalue weighted by Crippen LogP contribution is -2.33. The highest BCUT2D eigenvalue weighted by Gasteiger charge is 2.60. The van der Waals surface area contributed by atoms with Crippen LogP contribution in [0.15, 0.2) is 54.1 Å². The third-order valence-electron chi connectivity index (χ3n) is 7.82. The quantitative estimate of drug-likeness (QED) is 0.358. The molecule has 186 valence electrons. The van der Waals surface area contributed by atoms with Crippen molar-refractivity contribution in [3.05, 3.63) is 70.8 Å². The highest BCUT2D eigenvalue weighted by molar-refractivity contribution is 6.23. The number of esters is 1. The summed E-state index contributed by atoms with van der Waals surface area (Å²) in [5.74, 6) is -1.91. The molecule has 1 heterocycles. The Morgan fingerprint density at radius 3 is 2.36 bits per heavy atom. The SMILES string of the molecule is CCc1cccc(CC)c1NC(=O)COC(=O)c1cccc(N2C(=O)[C@H]3[C@H](C2=O)[C@H]2C=C(C)[C@H]3C2)c1. The van der Waals surface area contributed by atoms with Crippen LogP contribution >= 0.6 is 0 Å². The number of carbonyl (C=O) groups excluding carboxylic acids is 4. The van der Waals surface area contributed by atoms with Crippen molar-refractivity contribution >= 4 is 35.1 Å². The Hall–Kier alpha value is -3.74. The van der Waals surface area contributed by atoms with E-state index in [0.29, 0.717) is 5.69 Å². The van der Waals surface area contributed by atoms with Crippen molar-refractivity contribution in [2.45, 2.75) is 40.0 Å². The van der Waals surface area contributed by atoms with Gasteiger partial charge in [-0.2, -0.15) is 0 Å². The van der Waals surface area contributed by atoms with Crippen molar-refractivity contribution < 1.29 is 23.9 Å². The van der Waals surface area contributed by atoms with Crippen molar-refractivity contribution in [2.75, 3.05) is 16.8 Å². The number of amides is 3. The summed E-state index contributed by atoms with van der Waals surface area (Å²) >= 11 is 0. The molecule has 1 aliphatic heterocycles. The molecular formula is C29H30N2O5. The Morgan fingerprint density at radius 1 is 1.00 bits per heavy atom. The summed E-state index contributed by atoms with van der Waals surface area (Å²) in [6.07, 6.45) is 4.52. The average molecular weight is 487 g/mol. The molecular weight excluding hydrogens is 456 g/mol. The number of benzene rings is 2. The molecule has 2 fully saturated rings. The number of anilines is 2. The Morgan fingerprint density at radius 2 is 1.67 bits per heavy atom. The predicted molar refractivity (Wildman–Crippen MR) is 135 cm³/mol. The van der Waals surface area contributed by atoms with Gasteiger partial charge < -0.3 is 10.1 Å². The fourth-order valence-corrected chi connectivity index (χ4v) is 6.09. The van der Waals surface area contributed by atoms with Gasteiger partial charge in [-0.25, -0.2) is 9.69 Å². The third kappa shape index (κ3) is 3.92. The Labute approximate surface area is 210 Å². The van der Waals surface area contributed by atoms with E-state index in [2.05, 4.69) is 11.4 Å². The first-order chi connectivity index (χ1) is 17.3. The Balaban J connectivity index is 1.26. The number of aryl methyl sites for hydroxylation is 2. The maximum atomic E-state index is 13.2. The Kier molecular flexibility index (Phi) is 6.24. The molecule has 0 spiro atoms. The predicted octanol–water partition coefficient (Wildman–Crippen LogP) is 4.31. The van der Waals surface area contributed by atoms with Gasteiger partial charge in [-0.15, -0.1) is 0 Å². The molecule has 7 nitrogen and oxygen atoms in total. The van der Waals surface area contributed by atoms with E-state index in [1.807, 2.05) is 39.0 Å². The van der Waals surface area contributed by atoms with Crippen LogP contribution in [0, 0.1) is 23.7 Å². The number of fused-ring (bicyclic) bond motifs is 5. The summed E-state index contributed by atoms with van der Waals surface area (Å²) in [7, 11) is 0. The van der Waals surface area contributed by atoms with Gasteiger partial charge in [-0.3, -0.25) is 14.4 Å². The molecule has 5 rings (SSSR count). The van der Waals surface area contributed by atoms with Gasteiger partial charge in [0.15, 0.2) is 6.61 Å². The number of rotatable bonds is 7. The zero-order valence-corrected chi connectivity index (χ0v) is 20.7. The molecule has 1 N–H and O–H groups in total. The van der Waals surface area contributed by atoms with Crippen LogP contribution in [0.25, 0.3) is 0 Å². The second kappa shape index (κ2) is 9.37. The van der Waals surface area contributed by atoms with Crippen molar-refractivity contribution in [2.24, 2.45) is 23.7 Å². The number of nitrogens with one attached hydrogen (secondary N) is 1. The van der Waals surface area contributed by atoms with Crippen molar-refractivity contribution in [3.8, 4) is 0 Å². The smallest absolute Gasteiger partial charge is 0.338 e. The van der Waals surface area contributed by atoms with Gasteiger partial charge in [0.25, 0.3) is 5.91 Å². The molecule has 4 atom stereocenters. The lowest BCUT2D eigenvalue weighted by atomic mass is 9.82. The topological polar surface area (TPSA) is 92.8 Å². The van der Waals surface area contributed by atoms with Crippen molar-refractivity contribution in [1.29, 1.82) is 0 Å². The maximum absolute atomic E-state index is 13.2. The zero-order valence-electron chi connectivity index (χ0n) is 20.7. The summed E-state index contributed by atoms with van der Waals surface area (Å²) in [5.41, 5.74) is 4.53. The summed E-state index contributed by atoms with van der Waals surface area (Å²) in [6.45, 7) is 5.62. The maximum Gasteiger partial charge on any atom is 0.338 e. The lowest BCUT2D eigenvalue weighted by Gasteiger charge is -2.19. The van der Waals surface area contributed by atoms with E-state index >= 15 is 0 Å². The summed E-state index contributed by atoms with van der Waals surface area (Å²) in [5, 5.41) is 2.88. The van der Waals surface area contributed by atoms with E-state index in [-0.39, 0.29) is 41.0 Å². The highest BCUT2D eigenvalue weighted by atomic mass is 16.5. The second-order valence-corrected chi connectivity index (χ2v) is 9.81. The minimum atomic E-state index is -0.691. The van der Waals surface area contributed by atoms with Crippen LogP contribution in [0.3, 0.4) is 0 Å². The first-order valence-electron chi connectivity index (χ1n) is 12.6. The van der Waals surface area contributed by atoms with Crippen LogP contribution in [0.1, 0.15) is 48.7 Å². The molecule has 7 heteroatoms. The van der Waals surface area contributed by atoms with Crippen molar-refractivity contribution in [1.82, 2.24) is 0 Å². The average Bonchev–Trinajstić information content (AvgIpc) is 3.52. The molecule has 2 aromatic rings. The number of allylic oxidation sites excluding steroid dienone is 2. The van der Waals surface area contributed by atoms with Crippen LogP contribution in [-0.2, 0) is 32.0 Å². The molecule has 2 aliphatic carbocycles. The van der Waals surface area contributed by atoms with Crippen LogP contribution in [0.5, 0.6) is 0 Å². The van der Waals surface area contributed by atoms with Gasteiger partial charge in [0.2, 0.25) is 11.8 Å². The monoisotopic (exact) mass is 486 g/mol. The molecule has 0 radical (unpaired) electrons. The molecule has 1 saturated heterocycles. The molecule has 3 amide bonds. The van der Waals surface area contributed by atoms with Crippen LogP contribution in [-0.4, -0.2) is 30.3 Å². The van der Waals surface area contributed by atoms with Gasteiger partial charge in [0, 0.05) is 5.69 Å². The third-order valence-corrected chi connectivity index (χ3v) is 7.82. The van der Waals surface area contributed by atoms with E-state index in [1.54, 1.807) is 18.2 Å². The first-order valence-corrected chi connectivity index (χ1v) is 12.6. The Bertz CT molecular complexity index is 1270. The molecule has 3 aliphatic rings. The van der Waals surface area contributed by atoms with Gasteiger partial charge >= 0.3 is 5.97 Å². The summed E-state index contributed by atoms with van der Waals surface area (Å²) < 4.78 is 5.27. The van der Waals surface area contributed by atoms with E-state index in [4.69, 9.17) is 4.74 Å². The zero-order chi connectivity index (χ0) is 25.6. The molecule has 0 unspecified atom stereocenters. The molecule has 0 aromatic heterocycles. The lowest BCUT2D eigenvalue weighted by molar-refractivity contribution is -0.123. The van der Waals surface area contributed by atoms with E-state index in [0.717, 1.165) is 36.1 Å². The fraction of sp³-hybridized carbons (Fsp3) is 0.379. The first kappa shape index (κ1) is 24.0. The fourth-order valence-electron chi connectivity index (χ4n) is 6.09. The standard InChI is InChI=1S/C29H30N2O5/c1-4-17-8-6-9-18(5-2)26(17)30-23(32)15-36-29(35)19-10-7-11-21(13-19)31-27(33)24-20-12-16(3)22(14-20)25(24)28(31)34/h6-13,20,22,24-25H,4-5,14-15H2,1-3H3,(H,30,32)/t20-,22+,24+,25+/m0/s1. The highest BCUT2D eigenvalue weighted by Crippen LogP contribution is 2.55. The van der Waals surface area contributed by atoms with E-state index in [1.165, 1.54) is 16.5 Å². The molecule has 1 saturated carbocycles. The van der Waals surface area contributed by atoms with Crippen LogP contribution in [0.2, 0.25) is 0 Å². The van der Waals surface area contributed by atoms with Gasteiger partial charge in [-0.05, 0) is 67.3 Å². The number of imide groups is 1. The summed E-state index contributed by atoms with van der Waals surface area (Å²) in [4.78, 5) is 52.9. The van der Waals surface area contributed by atoms with E-state index in [9.17, 15) is 19.2 Å². The second-order valence-electron chi connectivity index (χ2n) is 9.81. The van der Waals surface area contributed by atoms with Gasteiger partial charge in [0.05, 0.1) is 23.1 Å². The van der Waals surface area contributed by atoms with Crippen molar-refractivity contribution in [3.63, 3.8) is 0 Å². The number of para-hydroxylation sites is 1. The van der Waals surface area contributed by atoms with Crippen LogP contribution in [0.4, 0.5) is 11.4 Å². The summed E-state index contributed by atoms with van der Waals surface area (Å²) in [6, 6.07) is 12.2. The largest absolute Gasteiger partial charge is 0.452 e. The molecule has 36 heavy (non-hydrogen) atoms. The van der Waals surface area contributed by atoms with E-state index < -0.39 is 18.5 Å². The van der Waals surface area contributed by atoms with Gasteiger partial charge in [-0.1, -0.05) is 49.8 Å². The number of ether oxygens (including phenoxy) is 1. The minimum Gasteiger partial charge on any atom is -0.452 e. The van der Waals surface area contributed by atoms with Gasteiger partial charge in [0.1, 0.15) is 0 Å².